The highest BCUT2D eigenvalue weighted by Crippen LogP contribution is 2.29. The fourth-order valence-corrected chi connectivity index (χ4v) is 4.14. The van der Waals surface area contributed by atoms with Gasteiger partial charge in [0.1, 0.15) is 5.82 Å². The first kappa shape index (κ1) is 20.1. The lowest BCUT2D eigenvalue weighted by atomic mass is 10.0. The van der Waals surface area contributed by atoms with Gasteiger partial charge in [0.05, 0.1) is 11.6 Å². The molecule has 3 amide bonds. The van der Waals surface area contributed by atoms with E-state index in [2.05, 4.69) is 5.32 Å². The van der Waals surface area contributed by atoms with Gasteiger partial charge in [0, 0.05) is 37.7 Å². The SMILES string of the molecule is O=C(NC1CCN(C(=O)[C@H]2CC(=O)N(c3ccccc3F)C2)CC1)c1ccccc1. The third kappa shape index (κ3) is 4.20. The van der Waals surface area contributed by atoms with Gasteiger partial charge < -0.3 is 15.1 Å². The Morgan fingerprint density at radius 2 is 1.63 bits per heavy atom. The first-order valence-corrected chi connectivity index (χ1v) is 10.2. The number of rotatable bonds is 4. The number of piperidine rings is 1. The predicted molar refractivity (Wildman–Crippen MR) is 110 cm³/mol. The monoisotopic (exact) mass is 409 g/mol. The molecule has 1 atom stereocenters. The van der Waals surface area contributed by atoms with E-state index in [9.17, 15) is 18.8 Å². The number of carbonyl (C=O) groups is 3. The summed E-state index contributed by atoms with van der Waals surface area (Å²) in [5, 5.41) is 3.03. The molecular weight excluding hydrogens is 385 g/mol. The molecule has 1 N–H and O–H groups in total. The van der Waals surface area contributed by atoms with E-state index in [0.717, 1.165) is 0 Å². The van der Waals surface area contributed by atoms with E-state index in [4.69, 9.17) is 0 Å². The molecule has 0 saturated carbocycles. The Labute approximate surface area is 174 Å². The number of hydrogen-bond acceptors (Lipinski definition) is 3. The van der Waals surface area contributed by atoms with Gasteiger partial charge in [-0.2, -0.15) is 0 Å². The molecule has 0 bridgehead atoms. The van der Waals surface area contributed by atoms with Gasteiger partial charge in [-0.15, -0.1) is 0 Å². The summed E-state index contributed by atoms with van der Waals surface area (Å²) in [5.74, 6) is -1.35. The summed E-state index contributed by atoms with van der Waals surface area (Å²) >= 11 is 0. The van der Waals surface area contributed by atoms with Gasteiger partial charge in [-0.05, 0) is 37.1 Å². The van der Waals surface area contributed by atoms with Crippen molar-refractivity contribution in [1.29, 1.82) is 0 Å². The number of nitrogens with one attached hydrogen (secondary N) is 1. The number of halogens is 1. The quantitative estimate of drug-likeness (QED) is 0.844. The number of likely N-dealkylation sites (tertiary alicyclic amines) is 1. The Bertz CT molecular complexity index is 942. The molecule has 2 aromatic carbocycles. The van der Waals surface area contributed by atoms with Crippen molar-refractivity contribution in [2.75, 3.05) is 24.5 Å². The van der Waals surface area contributed by atoms with Crippen molar-refractivity contribution in [2.24, 2.45) is 5.92 Å². The van der Waals surface area contributed by atoms with Crippen LogP contribution < -0.4 is 10.2 Å². The highest BCUT2D eigenvalue weighted by atomic mass is 19.1. The van der Waals surface area contributed by atoms with Crippen LogP contribution in [-0.2, 0) is 9.59 Å². The number of amides is 3. The second kappa shape index (κ2) is 8.65. The molecule has 156 valence electrons. The maximum Gasteiger partial charge on any atom is 0.251 e. The minimum Gasteiger partial charge on any atom is -0.349 e. The Balaban J connectivity index is 1.31. The predicted octanol–water partition coefficient (Wildman–Crippen LogP) is 2.60. The number of hydrogen-bond donors (Lipinski definition) is 1. The summed E-state index contributed by atoms with van der Waals surface area (Å²) < 4.78 is 14.0. The zero-order chi connectivity index (χ0) is 21.1. The van der Waals surface area contributed by atoms with Gasteiger partial charge in [-0.1, -0.05) is 30.3 Å². The van der Waals surface area contributed by atoms with E-state index in [0.29, 0.717) is 31.5 Å². The molecule has 2 aromatic rings. The van der Waals surface area contributed by atoms with Gasteiger partial charge in [-0.3, -0.25) is 14.4 Å². The molecular formula is C23H24FN3O3. The van der Waals surface area contributed by atoms with E-state index in [-0.39, 0.29) is 42.4 Å². The summed E-state index contributed by atoms with van der Waals surface area (Å²) in [6.45, 7) is 1.26. The Kier molecular flexibility index (Phi) is 5.79. The van der Waals surface area contributed by atoms with Crippen LogP contribution in [0.4, 0.5) is 10.1 Å². The summed E-state index contributed by atoms with van der Waals surface area (Å²) in [4.78, 5) is 40.7. The van der Waals surface area contributed by atoms with Crippen molar-refractivity contribution in [3.63, 3.8) is 0 Å². The minimum atomic E-state index is -0.465. The van der Waals surface area contributed by atoms with E-state index in [1.165, 1.54) is 11.0 Å². The number of carbonyl (C=O) groups excluding carboxylic acids is 3. The fraction of sp³-hybridized carbons (Fsp3) is 0.348. The van der Waals surface area contributed by atoms with Gasteiger partial charge >= 0.3 is 0 Å². The molecule has 2 heterocycles. The Morgan fingerprint density at radius 3 is 2.33 bits per heavy atom. The van der Waals surface area contributed by atoms with Crippen molar-refractivity contribution >= 4 is 23.4 Å². The fourth-order valence-electron chi connectivity index (χ4n) is 4.14. The van der Waals surface area contributed by atoms with Crippen LogP contribution in [-0.4, -0.2) is 48.3 Å². The molecule has 2 saturated heterocycles. The number of para-hydroxylation sites is 1. The summed E-state index contributed by atoms with van der Waals surface area (Å²) in [5.41, 5.74) is 0.842. The molecule has 2 fully saturated rings. The Morgan fingerprint density at radius 1 is 0.967 bits per heavy atom. The van der Waals surface area contributed by atoms with Gasteiger partial charge in [0.2, 0.25) is 11.8 Å². The average molecular weight is 409 g/mol. The summed E-state index contributed by atoms with van der Waals surface area (Å²) in [7, 11) is 0. The molecule has 0 aliphatic carbocycles. The van der Waals surface area contributed by atoms with Gasteiger partial charge in [0.25, 0.3) is 5.91 Å². The maximum absolute atomic E-state index is 14.0. The van der Waals surface area contributed by atoms with E-state index >= 15 is 0 Å². The molecule has 0 unspecified atom stereocenters. The van der Waals surface area contributed by atoms with Crippen LogP contribution in [0.25, 0.3) is 0 Å². The highest BCUT2D eigenvalue weighted by Gasteiger charge is 2.38. The van der Waals surface area contributed by atoms with Crippen LogP contribution in [0.1, 0.15) is 29.6 Å². The highest BCUT2D eigenvalue weighted by molar-refractivity contribution is 6.00. The standard InChI is InChI=1S/C23H24FN3O3/c24-19-8-4-5-9-20(19)27-15-17(14-21(27)28)23(30)26-12-10-18(11-13-26)25-22(29)16-6-2-1-3-7-16/h1-9,17-18H,10-15H2,(H,25,29)/t17-/m0/s1. The van der Waals surface area contributed by atoms with Crippen LogP contribution >= 0.6 is 0 Å². The molecule has 0 aromatic heterocycles. The van der Waals surface area contributed by atoms with Crippen LogP contribution in [0.2, 0.25) is 0 Å². The lowest BCUT2D eigenvalue weighted by molar-refractivity contribution is -0.136. The van der Waals surface area contributed by atoms with Crippen LogP contribution in [0.5, 0.6) is 0 Å². The average Bonchev–Trinajstić information content (AvgIpc) is 3.16. The third-order valence-electron chi connectivity index (χ3n) is 5.80. The van der Waals surface area contributed by atoms with Crippen molar-refractivity contribution in [1.82, 2.24) is 10.2 Å². The largest absolute Gasteiger partial charge is 0.349 e. The molecule has 0 radical (unpaired) electrons. The van der Waals surface area contributed by atoms with Gasteiger partial charge in [0.15, 0.2) is 0 Å². The molecule has 2 aliphatic rings. The normalized spacial score (nSPS) is 19.8. The first-order valence-electron chi connectivity index (χ1n) is 10.2. The summed E-state index contributed by atoms with van der Waals surface area (Å²) in [6, 6.07) is 15.2. The van der Waals surface area contributed by atoms with Crippen LogP contribution in [0.15, 0.2) is 54.6 Å². The molecule has 4 rings (SSSR count). The van der Waals surface area contributed by atoms with Crippen molar-refractivity contribution in [3.8, 4) is 0 Å². The van der Waals surface area contributed by atoms with E-state index in [1.807, 2.05) is 18.2 Å². The lowest BCUT2D eigenvalue weighted by Crippen LogP contribution is -2.48. The zero-order valence-electron chi connectivity index (χ0n) is 16.6. The number of anilines is 1. The smallest absolute Gasteiger partial charge is 0.251 e. The zero-order valence-corrected chi connectivity index (χ0v) is 16.6. The molecule has 2 aliphatic heterocycles. The summed E-state index contributed by atoms with van der Waals surface area (Å²) in [6.07, 6.45) is 1.43. The van der Waals surface area contributed by atoms with Crippen molar-refractivity contribution < 1.29 is 18.8 Å². The van der Waals surface area contributed by atoms with Crippen LogP contribution in [0, 0.1) is 11.7 Å². The minimum absolute atomic E-state index is 0.0156. The lowest BCUT2D eigenvalue weighted by Gasteiger charge is -2.33. The topological polar surface area (TPSA) is 69.7 Å². The number of benzene rings is 2. The molecule has 7 heteroatoms. The first-order chi connectivity index (χ1) is 14.5. The molecule has 6 nitrogen and oxygen atoms in total. The third-order valence-corrected chi connectivity index (χ3v) is 5.80. The van der Waals surface area contributed by atoms with E-state index in [1.54, 1.807) is 35.2 Å². The molecule has 30 heavy (non-hydrogen) atoms. The van der Waals surface area contributed by atoms with Crippen molar-refractivity contribution in [2.45, 2.75) is 25.3 Å². The van der Waals surface area contributed by atoms with Crippen LogP contribution in [0.3, 0.4) is 0 Å². The molecule has 0 spiro atoms. The maximum atomic E-state index is 14.0. The second-order valence-corrected chi connectivity index (χ2v) is 7.80. The second-order valence-electron chi connectivity index (χ2n) is 7.80. The number of nitrogens with zero attached hydrogens (tertiary/aromatic N) is 2. The van der Waals surface area contributed by atoms with Crippen molar-refractivity contribution in [3.05, 3.63) is 66.0 Å². The van der Waals surface area contributed by atoms with E-state index < -0.39 is 11.7 Å². The van der Waals surface area contributed by atoms with Gasteiger partial charge in [-0.25, -0.2) is 4.39 Å². The Hall–Kier alpha value is -3.22.